The van der Waals surface area contributed by atoms with E-state index in [-0.39, 0.29) is 12.2 Å². The zero-order chi connectivity index (χ0) is 26.1. The maximum Gasteiger partial charge on any atom is 0.508 e. The van der Waals surface area contributed by atoms with Crippen molar-refractivity contribution in [2.45, 2.75) is 167 Å². The molecule has 0 aromatic heterocycles. The lowest BCUT2D eigenvalue weighted by atomic mass is 9.95. The minimum Gasteiger partial charge on any atom is -0.434 e. The largest absolute Gasteiger partial charge is 0.508 e. The summed E-state index contributed by atoms with van der Waals surface area (Å²) in [5.74, 6) is 0. The molecule has 0 unspecified atom stereocenters. The molecule has 0 heterocycles. The molecule has 0 atom stereocenters. The summed E-state index contributed by atoms with van der Waals surface area (Å²) in [6.07, 6.45) is 23.5. The molecule has 1 rings (SSSR count). The Labute approximate surface area is 221 Å². The number of carbonyl (C=O) groups is 2. The number of rotatable bonds is 22. The maximum atomic E-state index is 11.9. The topological polar surface area (TPSA) is 71.1 Å². The van der Waals surface area contributed by atoms with Crippen LogP contribution in [-0.4, -0.2) is 37.7 Å². The van der Waals surface area contributed by atoms with Crippen molar-refractivity contribution >= 4 is 12.3 Å². The third kappa shape index (κ3) is 19.7. The molecular weight excluding hydrogens is 456 g/mol. The van der Waals surface area contributed by atoms with Crippen LogP contribution in [-0.2, 0) is 18.9 Å². The van der Waals surface area contributed by atoms with Gasteiger partial charge in [-0.15, -0.1) is 0 Å². The maximum absolute atomic E-state index is 11.9. The van der Waals surface area contributed by atoms with E-state index in [0.717, 1.165) is 25.7 Å². The van der Waals surface area contributed by atoms with Crippen LogP contribution in [0.1, 0.15) is 155 Å². The van der Waals surface area contributed by atoms with Crippen LogP contribution in [0.2, 0.25) is 0 Å². The smallest absolute Gasteiger partial charge is 0.434 e. The van der Waals surface area contributed by atoms with E-state index in [9.17, 15) is 9.59 Å². The Bertz CT molecular complexity index is 470. The van der Waals surface area contributed by atoms with Crippen LogP contribution in [0, 0.1) is 0 Å². The fourth-order valence-corrected chi connectivity index (χ4v) is 4.74. The normalized spacial score (nSPS) is 17.5. The molecule has 0 aromatic rings. The first-order valence-electron chi connectivity index (χ1n) is 15.3. The van der Waals surface area contributed by atoms with Gasteiger partial charge in [-0.3, -0.25) is 0 Å². The molecule has 6 heteroatoms. The van der Waals surface area contributed by atoms with E-state index in [0.29, 0.717) is 38.9 Å². The van der Waals surface area contributed by atoms with Gasteiger partial charge in [0.2, 0.25) is 0 Å². The van der Waals surface area contributed by atoms with Crippen LogP contribution < -0.4 is 0 Å². The Morgan fingerprint density at radius 3 is 1.06 bits per heavy atom. The van der Waals surface area contributed by atoms with Gasteiger partial charge < -0.3 is 18.9 Å². The molecule has 1 aliphatic rings. The molecule has 0 saturated heterocycles. The predicted octanol–water partition coefficient (Wildman–Crippen LogP) is 9.67. The quantitative estimate of drug-likeness (QED) is 0.106. The van der Waals surface area contributed by atoms with Crippen LogP contribution >= 0.6 is 0 Å². The fraction of sp³-hybridized carbons (Fsp3) is 0.933. The van der Waals surface area contributed by atoms with Gasteiger partial charge in [-0.25, -0.2) is 9.59 Å². The van der Waals surface area contributed by atoms with Crippen LogP contribution in [0.5, 0.6) is 0 Å². The first-order chi connectivity index (χ1) is 17.7. The minimum atomic E-state index is -0.570. The lowest BCUT2D eigenvalue weighted by Gasteiger charge is -2.27. The number of carbonyl (C=O) groups excluding carboxylic acids is 2. The van der Waals surface area contributed by atoms with Crippen molar-refractivity contribution in [1.82, 2.24) is 0 Å². The molecule has 0 bridgehead atoms. The second kappa shape index (κ2) is 23.9. The molecule has 1 aliphatic carbocycles. The van der Waals surface area contributed by atoms with Crippen molar-refractivity contribution in [2.75, 3.05) is 13.2 Å². The number of hydrogen-bond acceptors (Lipinski definition) is 6. The van der Waals surface area contributed by atoms with Gasteiger partial charge >= 0.3 is 12.3 Å². The van der Waals surface area contributed by atoms with Gasteiger partial charge in [-0.05, 0) is 38.5 Å². The zero-order valence-electron chi connectivity index (χ0n) is 23.6. The second-order valence-electron chi connectivity index (χ2n) is 10.5. The van der Waals surface area contributed by atoms with Gasteiger partial charge in [0.1, 0.15) is 12.2 Å². The Balaban J connectivity index is 1.92. The molecule has 0 aromatic carbocycles. The zero-order valence-corrected chi connectivity index (χ0v) is 23.6. The van der Waals surface area contributed by atoms with Crippen molar-refractivity contribution in [3.8, 4) is 0 Å². The first kappa shape index (κ1) is 32.6. The Morgan fingerprint density at radius 1 is 0.472 bits per heavy atom. The van der Waals surface area contributed by atoms with Crippen molar-refractivity contribution < 1.29 is 28.5 Å². The third-order valence-electron chi connectivity index (χ3n) is 7.08. The van der Waals surface area contributed by atoms with Crippen LogP contribution in [0.25, 0.3) is 0 Å². The van der Waals surface area contributed by atoms with E-state index in [1.807, 2.05) is 0 Å². The Kier molecular flexibility index (Phi) is 21.6. The van der Waals surface area contributed by atoms with E-state index in [1.165, 1.54) is 89.9 Å². The summed E-state index contributed by atoms with van der Waals surface area (Å²) in [4.78, 5) is 23.9. The van der Waals surface area contributed by atoms with Gasteiger partial charge in [-0.2, -0.15) is 0 Å². The van der Waals surface area contributed by atoms with E-state index in [4.69, 9.17) is 18.9 Å². The van der Waals surface area contributed by atoms with Gasteiger partial charge in [0.05, 0.1) is 13.2 Å². The first-order valence-corrected chi connectivity index (χ1v) is 15.3. The standard InChI is InChI=1S/C30H56O6/c1-3-5-7-9-11-13-15-17-19-25-33-29(31)35-27-21-23-28(24-22-27)36-30(32)34-26-20-18-16-14-12-10-8-6-4-2/h27-28H,3-26H2,1-2H3. The predicted molar refractivity (Wildman–Crippen MR) is 145 cm³/mol. The third-order valence-corrected chi connectivity index (χ3v) is 7.08. The SMILES string of the molecule is CCCCCCCCCCCOC(=O)OC1CCC(OC(=O)OCCCCCCCCCCC)CC1. The molecular formula is C30H56O6. The Hall–Kier alpha value is -1.46. The van der Waals surface area contributed by atoms with E-state index in [1.54, 1.807) is 0 Å². The molecule has 1 saturated carbocycles. The molecule has 0 N–H and O–H groups in total. The van der Waals surface area contributed by atoms with E-state index in [2.05, 4.69) is 13.8 Å². The summed E-state index contributed by atoms with van der Waals surface area (Å²) in [6.45, 7) is 5.34. The molecule has 0 aliphatic heterocycles. The lowest BCUT2D eigenvalue weighted by Crippen LogP contribution is -2.30. The van der Waals surface area contributed by atoms with Crippen molar-refractivity contribution in [3.05, 3.63) is 0 Å². The van der Waals surface area contributed by atoms with E-state index >= 15 is 0 Å². The summed E-state index contributed by atoms with van der Waals surface area (Å²) < 4.78 is 21.3. The molecule has 0 radical (unpaired) electrons. The highest BCUT2D eigenvalue weighted by Crippen LogP contribution is 2.24. The highest BCUT2D eigenvalue weighted by molar-refractivity contribution is 5.60. The summed E-state index contributed by atoms with van der Waals surface area (Å²) in [6, 6.07) is 0. The van der Waals surface area contributed by atoms with Gasteiger partial charge in [0.15, 0.2) is 0 Å². The number of hydrogen-bond donors (Lipinski definition) is 0. The highest BCUT2D eigenvalue weighted by Gasteiger charge is 2.27. The second-order valence-corrected chi connectivity index (χ2v) is 10.5. The molecule has 212 valence electrons. The van der Waals surface area contributed by atoms with Crippen molar-refractivity contribution in [2.24, 2.45) is 0 Å². The molecule has 6 nitrogen and oxygen atoms in total. The summed E-state index contributed by atoms with van der Waals surface area (Å²) in [5, 5.41) is 0. The van der Waals surface area contributed by atoms with Crippen LogP contribution in [0.15, 0.2) is 0 Å². The molecule has 1 fully saturated rings. The minimum absolute atomic E-state index is 0.154. The molecule has 0 spiro atoms. The molecule has 36 heavy (non-hydrogen) atoms. The van der Waals surface area contributed by atoms with Crippen LogP contribution in [0.3, 0.4) is 0 Å². The summed E-state index contributed by atoms with van der Waals surface area (Å²) in [7, 11) is 0. The number of unbranched alkanes of at least 4 members (excludes halogenated alkanes) is 16. The van der Waals surface area contributed by atoms with Crippen molar-refractivity contribution in [3.63, 3.8) is 0 Å². The monoisotopic (exact) mass is 512 g/mol. The van der Waals surface area contributed by atoms with Crippen LogP contribution in [0.4, 0.5) is 9.59 Å². The molecule has 0 amide bonds. The summed E-state index contributed by atoms with van der Waals surface area (Å²) in [5.41, 5.74) is 0. The Morgan fingerprint density at radius 2 is 0.750 bits per heavy atom. The van der Waals surface area contributed by atoms with Gasteiger partial charge in [-0.1, -0.05) is 117 Å². The fourth-order valence-electron chi connectivity index (χ4n) is 4.74. The number of ether oxygens (including phenoxy) is 4. The highest BCUT2D eigenvalue weighted by atomic mass is 16.7. The average Bonchev–Trinajstić information content (AvgIpc) is 2.87. The summed E-state index contributed by atoms with van der Waals surface area (Å²) >= 11 is 0. The van der Waals surface area contributed by atoms with Gasteiger partial charge in [0.25, 0.3) is 0 Å². The van der Waals surface area contributed by atoms with Crippen molar-refractivity contribution in [1.29, 1.82) is 0 Å². The van der Waals surface area contributed by atoms with E-state index < -0.39 is 12.3 Å². The van der Waals surface area contributed by atoms with Gasteiger partial charge in [0, 0.05) is 0 Å². The lowest BCUT2D eigenvalue weighted by molar-refractivity contribution is -0.0271. The average molecular weight is 513 g/mol.